The predicted octanol–water partition coefficient (Wildman–Crippen LogP) is 2.59. The minimum atomic E-state index is -2.33. The van der Waals surface area contributed by atoms with Crippen LogP contribution in [0.5, 0.6) is 5.75 Å². The molecule has 1 aromatic rings. The van der Waals surface area contributed by atoms with E-state index in [1.807, 2.05) is 0 Å². The average molecular weight is 322 g/mol. The van der Waals surface area contributed by atoms with E-state index in [9.17, 15) is 19.3 Å². The van der Waals surface area contributed by atoms with Gasteiger partial charge in [-0.25, -0.2) is 4.79 Å². The van der Waals surface area contributed by atoms with Crippen molar-refractivity contribution < 1.29 is 23.6 Å². The highest BCUT2D eigenvalue weighted by atomic mass is 79.9. The molecule has 1 unspecified atom stereocenters. The van der Waals surface area contributed by atoms with Crippen LogP contribution in [0.15, 0.2) is 22.7 Å². The van der Waals surface area contributed by atoms with Crippen molar-refractivity contribution in [2.45, 2.75) is 13.3 Å². The topological polar surface area (TPSA) is 78.7 Å². The normalized spacial score (nSPS) is 11.7. The Morgan fingerprint density at radius 2 is 2.28 bits per heavy atom. The summed E-state index contributed by atoms with van der Waals surface area (Å²) >= 11 is 2.91. The van der Waals surface area contributed by atoms with E-state index in [2.05, 4.69) is 25.4 Å². The summed E-state index contributed by atoms with van der Waals surface area (Å²) in [5, 5.41) is 10.6. The third kappa shape index (κ3) is 3.39. The maximum absolute atomic E-state index is 13.3. The van der Waals surface area contributed by atoms with Crippen molar-refractivity contribution in [2.75, 3.05) is 6.61 Å². The number of nitrogens with zero attached hydrogens (tertiary/aromatic N) is 1. The van der Waals surface area contributed by atoms with Crippen LogP contribution in [0.4, 0.5) is 10.1 Å². The summed E-state index contributed by atoms with van der Waals surface area (Å²) in [6.07, 6.45) is -2.33. The number of halogens is 2. The fourth-order valence-corrected chi connectivity index (χ4v) is 1.60. The van der Waals surface area contributed by atoms with Crippen molar-refractivity contribution in [3.63, 3.8) is 0 Å². The van der Waals surface area contributed by atoms with Crippen molar-refractivity contribution in [3.05, 3.63) is 32.8 Å². The van der Waals surface area contributed by atoms with Crippen molar-refractivity contribution in [2.24, 2.45) is 0 Å². The zero-order valence-electron chi connectivity index (χ0n) is 9.26. The molecular formula is C10H9BrFNO5. The van der Waals surface area contributed by atoms with Crippen LogP contribution in [-0.4, -0.2) is 23.9 Å². The van der Waals surface area contributed by atoms with Gasteiger partial charge in [-0.1, -0.05) is 6.07 Å². The number of carbonyl (C=O) groups is 1. The molecule has 0 heterocycles. The van der Waals surface area contributed by atoms with Gasteiger partial charge in [0.1, 0.15) is 10.2 Å². The Kier molecular flexibility index (Phi) is 5.02. The molecular weight excluding hydrogens is 313 g/mol. The molecule has 18 heavy (non-hydrogen) atoms. The first-order chi connectivity index (χ1) is 8.47. The van der Waals surface area contributed by atoms with Gasteiger partial charge in [-0.2, -0.15) is 4.39 Å². The molecule has 0 saturated heterocycles. The van der Waals surface area contributed by atoms with Gasteiger partial charge in [-0.3, -0.25) is 10.1 Å². The summed E-state index contributed by atoms with van der Waals surface area (Å²) in [6.45, 7) is 1.53. The first-order valence-corrected chi connectivity index (χ1v) is 5.67. The molecule has 6 nitrogen and oxygen atoms in total. The molecule has 98 valence electrons. The van der Waals surface area contributed by atoms with Crippen molar-refractivity contribution in [3.8, 4) is 5.75 Å². The zero-order valence-corrected chi connectivity index (χ0v) is 10.8. The largest absolute Gasteiger partial charge is 0.461 e. The number of carbonyl (C=O) groups excluding carboxylic acids is 1. The molecule has 0 aromatic heterocycles. The number of nitro groups is 1. The molecule has 0 spiro atoms. The molecule has 0 fully saturated rings. The first-order valence-electron chi connectivity index (χ1n) is 4.87. The fraction of sp³-hybridized carbons (Fsp3) is 0.300. The molecule has 0 radical (unpaired) electrons. The molecule has 8 heteroatoms. The highest BCUT2D eigenvalue weighted by molar-refractivity contribution is 9.10. The Hall–Kier alpha value is -1.70. The number of ether oxygens (including phenoxy) is 2. The molecule has 0 saturated carbocycles. The molecule has 1 atom stereocenters. The fourth-order valence-electron chi connectivity index (χ4n) is 1.10. The molecule has 0 aliphatic rings. The van der Waals surface area contributed by atoms with Gasteiger partial charge >= 0.3 is 12.3 Å². The SMILES string of the molecule is CCOC(=O)C(F)Oc1cccc([N+](=O)[O-])c1Br. The van der Waals surface area contributed by atoms with Crippen LogP contribution in [0.3, 0.4) is 0 Å². The quantitative estimate of drug-likeness (QED) is 0.473. The second-order valence-corrected chi connectivity index (χ2v) is 3.83. The minimum absolute atomic E-state index is 0.0126. The Morgan fingerprint density at radius 3 is 2.83 bits per heavy atom. The molecule has 0 aliphatic heterocycles. The van der Waals surface area contributed by atoms with Crippen molar-refractivity contribution in [1.29, 1.82) is 0 Å². The number of hydrogen-bond donors (Lipinski definition) is 0. The van der Waals surface area contributed by atoms with Crippen LogP contribution >= 0.6 is 15.9 Å². The smallest absolute Gasteiger partial charge is 0.381 e. The number of hydrogen-bond acceptors (Lipinski definition) is 5. The molecule has 0 aliphatic carbocycles. The number of nitro benzene ring substituents is 1. The third-order valence-corrected chi connectivity index (χ3v) is 2.64. The van der Waals surface area contributed by atoms with Gasteiger partial charge in [-0.05, 0) is 28.9 Å². The lowest BCUT2D eigenvalue weighted by molar-refractivity contribution is -0.385. The van der Waals surface area contributed by atoms with Gasteiger partial charge in [0, 0.05) is 6.07 Å². The summed E-state index contributed by atoms with van der Waals surface area (Å²) in [5.74, 6) is -1.33. The van der Waals surface area contributed by atoms with E-state index in [1.165, 1.54) is 25.1 Å². The van der Waals surface area contributed by atoms with Gasteiger partial charge in [0.25, 0.3) is 5.69 Å². The zero-order chi connectivity index (χ0) is 13.7. The Balaban J connectivity index is 2.88. The first kappa shape index (κ1) is 14.4. The van der Waals surface area contributed by atoms with Crippen LogP contribution in [0.25, 0.3) is 0 Å². The van der Waals surface area contributed by atoms with Crippen molar-refractivity contribution >= 4 is 27.6 Å². The number of esters is 1. The van der Waals surface area contributed by atoms with E-state index in [1.54, 1.807) is 0 Å². The van der Waals surface area contributed by atoms with Gasteiger partial charge in [0.2, 0.25) is 0 Å². The lowest BCUT2D eigenvalue weighted by Crippen LogP contribution is -2.24. The molecule has 1 rings (SSSR count). The Labute approximate surface area is 110 Å². The van der Waals surface area contributed by atoms with E-state index >= 15 is 0 Å². The standard InChI is InChI=1S/C10H9BrFNO5/c1-2-17-10(14)9(12)18-7-5-3-4-6(8(7)11)13(15)16/h3-5,9H,2H2,1H3. The lowest BCUT2D eigenvalue weighted by Gasteiger charge is -2.11. The van der Waals surface area contributed by atoms with Crippen LogP contribution in [-0.2, 0) is 9.53 Å². The Morgan fingerprint density at radius 1 is 1.61 bits per heavy atom. The number of alkyl halides is 1. The second-order valence-electron chi connectivity index (χ2n) is 3.03. The van der Waals surface area contributed by atoms with Gasteiger partial charge in [-0.15, -0.1) is 0 Å². The molecule has 0 bridgehead atoms. The highest BCUT2D eigenvalue weighted by Crippen LogP contribution is 2.34. The highest BCUT2D eigenvalue weighted by Gasteiger charge is 2.24. The van der Waals surface area contributed by atoms with Crippen molar-refractivity contribution in [1.82, 2.24) is 0 Å². The van der Waals surface area contributed by atoms with E-state index in [-0.39, 0.29) is 22.5 Å². The van der Waals surface area contributed by atoms with Crippen LogP contribution < -0.4 is 4.74 Å². The molecule has 0 N–H and O–H groups in total. The summed E-state index contributed by atoms with van der Waals surface area (Å²) in [5.41, 5.74) is -0.288. The van der Waals surface area contributed by atoms with Gasteiger partial charge in [0.15, 0.2) is 0 Å². The molecule has 1 aromatic carbocycles. The van der Waals surface area contributed by atoms with E-state index in [0.29, 0.717) is 0 Å². The minimum Gasteiger partial charge on any atom is -0.461 e. The van der Waals surface area contributed by atoms with E-state index in [0.717, 1.165) is 0 Å². The lowest BCUT2D eigenvalue weighted by atomic mass is 10.3. The second kappa shape index (κ2) is 6.29. The number of benzene rings is 1. The van der Waals surface area contributed by atoms with Crippen LogP contribution in [0.2, 0.25) is 0 Å². The maximum Gasteiger partial charge on any atom is 0.381 e. The monoisotopic (exact) mass is 321 g/mol. The third-order valence-electron chi connectivity index (χ3n) is 1.84. The van der Waals surface area contributed by atoms with Gasteiger partial charge in [0.05, 0.1) is 11.5 Å². The van der Waals surface area contributed by atoms with E-state index < -0.39 is 17.3 Å². The molecule has 0 amide bonds. The van der Waals surface area contributed by atoms with Crippen LogP contribution in [0, 0.1) is 10.1 Å². The average Bonchev–Trinajstić information content (AvgIpc) is 2.31. The van der Waals surface area contributed by atoms with E-state index in [4.69, 9.17) is 0 Å². The summed E-state index contributed by atoms with van der Waals surface area (Å²) in [7, 11) is 0. The number of rotatable bonds is 5. The van der Waals surface area contributed by atoms with Crippen LogP contribution in [0.1, 0.15) is 6.92 Å². The predicted molar refractivity (Wildman–Crippen MR) is 63.0 cm³/mol. The summed E-state index contributed by atoms with van der Waals surface area (Å²) < 4.78 is 22.3. The summed E-state index contributed by atoms with van der Waals surface area (Å²) in [6, 6.07) is 3.83. The summed E-state index contributed by atoms with van der Waals surface area (Å²) in [4.78, 5) is 21.0. The Bertz CT molecular complexity index is 468. The van der Waals surface area contributed by atoms with Gasteiger partial charge < -0.3 is 9.47 Å². The maximum atomic E-state index is 13.3.